The lowest BCUT2D eigenvalue weighted by atomic mass is 10.0. The van der Waals surface area contributed by atoms with Crippen LogP contribution in [0.25, 0.3) is 5.69 Å². The molecule has 0 saturated heterocycles. The van der Waals surface area contributed by atoms with E-state index in [4.69, 9.17) is 0 Å². The lowest BCUT2D eigenvalue weighted by Crippen LogP contribution is -2.24. The highest BCUT2D eigenvalue weighted by atomic mass is 15.1. The number of hydrogen-bond donors (Lipinski definition) is 1. The molecule has 0 unspecified atom stereocenters. The minimum Gasteiger partial charge on any atom is -0.311 e. The van der Waals surface area contributed by atoms with E-state index in [1.54, 1.807) is 0 Å². The van der Waals surface area contributed by atoms with Crippen molar-refractivity contribution in [1.82, 2.24) is 14.9 Å². The second kappa shape index (κ2) is 6.02. The minimum absolute atomic E-state index is 0.599. The zero-order valence-corrected chi connectivity index (χ0v) is 13.1. The van der Waals surface area contributed by atoms with Gasteiger partial charge in [0, 0.05) is 18.8 Å². The van der Waals surface area contributed by atoms with Crippen molar-refractivity contribution in [3.8, 4) is 5.69 Å². The molecular weight excluding hydrogens is 258 g/mol. The van der Waals surface area contributed by atoms with Gasteiger partial charge in [-0.3, -0.25) is 4.57 Å². The Labute approximate surface area is 127 Å². The summed E-state index contributed by atoms with van der Waals surface area (Å²) in [7, 11) is 0. The number of rotatable bonds is 7. The number of nitrogens with zero attached hydrogens (tertiary/aromatic N) is 2. The number of aromatic nitrogens is 2. The van der Waals surface area contributed by atoms with Crippen molar-refractivity contribution in [1.29, 1.82) is 0 Å². The number of imidazole rings is 1. The fourth-order valence-electron chi connectivity index (χ4n) is 3.22. The summed E-state index contributed by atoms with van der Waals surface area (Å²) in [6, 6.07) is 10.5. The highest BCUT2D eigenvalue weighted by Crippen LogP contribution is 2.48. The molecule has 1 aromatic heterocycles. The summed E-state index contributed by atoms with van der Waals surface area (Å²) >= 11 is 0. The van der Waals surface area contributed by atoms with Crippen molar-refractivity contribution in [2.24, 2.45) is 5.41 Å². The second-order valence-electron chi connectivity index (χ2n) is 6.32. The Bertz CT molecular complexity index is 582. The average Bonchev–Trinajstić information content (AvgIpc) is 3.16. The predicted octanol–water partition coefficient (Wildman–Crippen LogP) is 3.85. The third kappa shape index (κ3) is 3.18. The number of para-hydroxylation sites is 1. The Morgan fingerprint density at radius 2 is 2.00 bits per heavy atom. The van der Waals surface area contributed by atoms with E-state index in [-0.39, 0.29) is 0 Å². The number of benzene rings is 1. The molecule has 1 N–H and O–H groups in total. The molecule has 0 atom stereocenters. The maximum atomic E-state index is 4.48. The van der Waals surface area contributed by atoms with Crippen molar-refractivity contribution in [3.05, 3.63) is 48.0 Å². The van der Waals surface area contributed by atoms with Gasteiger partial charge in [0.05, 0.1) is 11.9 Å². The van der Waals surface area contributed by atoms with Gasteiger partial charge in [-0.15, -0.1) is 0 Å². The summed E-state index contributed by atoms with van der Waals surface area (Å²) in [5, 5.41) is 3.65. The highest BCUT2D eigenvalue weighted by molar-refractivity contribution is 5.35. The first-order valence-electron chi connectivity index (χ1n) is 8.03. The lowest BCUT2D eigenvalue weighted by Gasteiger charge is -2.16. The van der Waals surface area contributed by atoms with Gasteiger partial charge in [0.15, 0.2) is 0 Å². The van der Waals surface area contributed by atoms with Crippen molar-refractivity contribution < 1.29 is 0 Å². The van der Waals surface area contributed by atoms with E-state index in [1.807, 2.05) is 6.20 Å². The summed E-state index contributed by atoms with van der Waals surface area (Å²) in [6.07, 6.45) is 7.43. The molecule has 3 heteroatoms. The van der Waals surface area contributed by atoms with Crippen LogP contribution in [-0.4, -0.2) is 16.1 Å². The third-order valence-corrected chi connectivity index (χ3v) is 4.57. The van der Waals surface area contributed by atoms with E-state index in [2.05, 4.69) is 59.0 Å². The van der Waals surface area contributed by atoms with Crippen molar-refractivity contribution in [2.75, 3.05) is 6.54 Å². The molecule has 3 rings (SSSR count). The molecule has 0 bridgehead atoms. The van der Waals surface area contributed by atoms with Crippen molar-refractivity contribution >= 4 is 0 Å². The topological polar surface area (TPSA) is 29.9 Å². The van der Waals surface area contributed by atoms with E-state index in [9.17, 15) is 0 Å². The number of hydrogen-bond acceptors (Lipinski definition) is 2. The number of nitrogens with one attached hydrogen (secondary N) is 1. The van der Waals surface area contributed by atoms with Gasteiger partial charge in [-0.25, -0.2) is 4.98 Å². The average molecular weight is 283 g/mol. The normalized spacial score (nSPS) is 16.1. The van der Waals surface area contributed by atoms with Crippen molar-refractivity contribution in [2.45, 2.75) is 46.1 Å². The third-order valence-electron chi connectivity index (χ3n) is 4.57. The molecule has 2 aromatic rings. The standard InChI is InChI=1S/C18H25N3/c1-3-9-18(10-11-18)14-19-12-17-13-20-15(2)21(17)16-7-5-4-6-8-16/h4-8,13,19H,3,9-12,14H2,1-2H3. The van der Waals surface area contributed by atoms with Gasteiger partial charge in [-0.05, 0) is 43.7 Å². The van der Waals surface area contributed by atoms with Gasteiger partial charge in [0.2, 0.25) is 0 Å². The van der Waals surface area contributed by atoms with Crippen LogP contribution in [-0.2, 0) is 6.54 Å². The summed E-state index contributed by atoms with van der Waals surface area (Å²) < 4.78 is 2.24. The smallest absolute Gasteiger partial charge is 0.110 e. The fraction of sp³-hybridized carbons (Fsp3) is 0.500. The molecule has 3 nitrogen and oxygen atoms in total. The van der Waals surface area contributed by atoms with Crippen LogP contribution in [0.15, 0.2) is 36.5 Å². The Hall–Kier alpha value is -1.61. The Morgan fingerprint density at radius 1 is 1.24 bits per heavy atom. The van der Waals surface area contributed by atoms with Crippen LogP contribution in [0.5, 0.6) is 0 Å². The van der Waals surface area contributed by atoms with E-state index in [0.29, 0.717) is 5.41 Å². The predicted molar refractivity (Wildman–Crippen MR) is 86.6 cm³/mol. The molecule has 0 spiro atoms. The first kappa shape index (κ1) is 14.3. The van der Waals surface area contributed by atoms with E-state index in [0.717, 1.165) is 18.9 Å². The van der Waals surface area contributed by atoms with E-state index < -0.39 is 0 Å². The van der Waals surface area contributed by atoms with Gasteiger partial charge >= 0.3 is 0 Å². The molecule has 1 fully saturated rings. The Balaban J connectivity index is 1.67. The maximum absolute atomic E-state index is 4.48. The Morgan fingerprint density at radius 3 is 2.67 bits per heavy atom. The molecule has 0 amide bonds. The van der Waals surface area contributed by atoms with E-state index >= 15 is 0 Å². The molecule has 1 aliphatic carbocycles. The van der Waals surface area contributed by atoms with Crippen LogP contribution in [0.4, 0.5) is 0 Å². The van der Waals surface area contributed by atoms with Gasteiger partial charge in [-0.2, -0.15) is 0 Å². The monoisotopic (exact) mass is 283 g/mol. The SMILES string of the molecule is CCCC1(CNCc2cnc(C)n2-c2ccccc2)CC1. The first-order chi connectivity index (χ1) is 10.2. The van der Waals surface area contributed by atoms with Crippen LogP contribution in [0.3, 0.4) is 0 Å². The number of aryl methyl sites for hydroxylation is 1. The molecule has 0 aliphatic heterocycles. The molecular formula is C18H25N3. The molecule has 0 radical (unpaired) electrons. The quantitative estimate of drug-likeness (QED) is 0.836. The lowest BCUT2D eigenvalue weighted by molar-refractivity contribution is 0.419. The van der Waals surface area contributed by atoms with Crippen LogP contribution < -0.4 is 5.32 Å². The highest BCUT2D eigenvalue weighted by Gasteiger charge is 2.40. The summed E-state index contributed by atoms with van der Waals surface area (Å²) in [6.45, 7) is 6.38. The van der Waals surface area contributed by atoms with Crippen LogP contribution in [0, 0.1) is 12.3 Å². The van der Waals surface area contributed by atoms with E-state index in [1.165, 1.54) is 37.1 Å². The zero-order chi connectivity index (χ0) is 14.7. The minimum atomic E-state index is 0.599. The molecule has 112 valence electrons. The fourth-order valence-corrected chi connectivity index (χ4v) is 3.22. The summed E-state index contributed by atoms with van der Waals surface area (Å²) in [5.74, 6) is 1.05. The van der Waals surface area contributed by atoms with Gasteiger partial charge in [0.25, 0.3) is 0 Å². The second-order valence-corrected chi connectivity index (χ2v) is 6.32. The molecule has 1 aromatic carbocycles. The van der Waals surface area contributed by atoms with Crippen LogP contribution >= 0.6 is 0 Å². The van der Waals surface area contributed by atoms with Crippen LogP contribution in [0.1, 0.15) is 44.1 Å². The largest absolute Gasteiger partial charge is 0.311 e. The molecule has 21 heavy (non-hydrogen) atoms. The van der Waals surface area contributed by atoms with Gasteiger partial charge in [-0.1, -0.05) is 31.5 Å². The zero-order valence-electron chi connectivity index (χ0n) is 13.1. The van der Waals surface area contributed by atoms with Gasteiger partial charge < -0.3 is 5.32 Å². The molecule has 1 heterocycles. The van der Waals surface area contributed by atoms with Crippen LogP contribution in [0.2, 0.25) is 0 Å². The molecule has 1 aliphatic rings. The summed E-state index contributed by atoms with van der Waals surface area (Å²) in [4.78, 5) is 4.48. The molecule has 1 saturated carbocycles. The maximum Gasteiger partial charge on any atom is 0.110 e. The first-order valence-corrected chi connectivity index (χ1v) is 8.03. The summed E-state index contributed by atoms with van der Waals surface area (Å²) in [5.41, 5.74) is 3.03. The Kier molecular flexibility index (Phi) is 4.11. The van der Waals surface area contributed by atoms with Gasteiger partial charge in [0.1, 0.15) is 5.82 Å². The van der Waals surface area contributed by atoms with Crippen molar-refractivity contribution in [3.63, 3.8) is 0 Å².